The lowest BCUT2D eigenvalue weighted by Crippen LogP contribution is -2.37. The minimum absolute atomic E-state index is 0.0557. The summed E-state index contributed by atoms with van der Waals surface area (Å²) in [5.74, 6) is 0. The summed E-state index contributed by atoms with van der Waals surface area (Å²) in [7, 11) is 0. The summed E-state index contributed by atoms with van der Waals surface area (Å²) in [4.78, 5) is 0. The summed E-state index contributed by atoms with van der Waals surface area (Å²) in [6, 6.07) is 0. The fourth-order valence-electron chi connectivity index (χ4n) is 2.34. The van der Waals surface area contributed by atoms with E-state index >= 15 is 0 Å². The van der Waals surface area contributed by atoms with E-state index in [-0.39, 0.29) is 11.2 Å². The highest BCUT2D eigenvalue weighted by Gasteiger charge is 2.33. The first-order chi connectivity index (χ1) is 7.86. The van der Waals surface area contributed by atoms with Crippen molar-refractivity contribution in [2.24, 2.45) is 0 Å². The van der Waals surface area contributed by atoms with Crippen LogP contribution in [-0.2, 0) is 14.2 Å². The molecule has 0 N–H and O–H groups in total. The minimum atomic E-state index is -0.0557. The van der Waals surface area contributed by atoms with Gasteiger partial charge in [-0.1, -0.05) is 0 Å². The van der Waals surface area contributed by atoms with Crippen LogP contribution in [0.5, 0.6) is 0 Å². The molecule has 0 aromatic heterocycles. The van der Waals surface area contributed by atoms with Gasteiger partial charge < -0.3 is 14.2 Å². The van der Waals surface area contributed by atoms with Gasteiger partial charge in [0.1, 0.15) is 0 Å². The Labute approximate surface area is 105 Å². The first-order valence-electron chi connectivity index (χ1n) is 6.80. The van der Waals surface area contributed by atoms with E-state index in [1.165, 1.54) is 0 Å². The molecule has 2 heterocycles. The summed E-state index contributed by atoms with van der Waals surface area (Å²) in [6.45, 7) is 10.6. The molecule has 0 amide bonds. The second-order valence-electron chi connectivity index (χ2n) is 6.61. The Morgan fingerprint density at radius 2 is 1.24 bits per heavy atom. The van der Waals surface area contributed by atoms with Crippen molar-refractivity contribution >= 4 is 0 Å². The molecule has 2 aliphatic rings. The Balaban J connectivity index is 1.70. The van der Waals surface area contributed by atoms with Crippen LogP contribution in [-0.4, -0.2) is 36.6 Å². The summed E-state index contributed by atoms with van der Waals surface area (Å²) < 4.78 is 16.8. The van der Waals surface area contributed by atoms with Crippen LogP contribution in [0.3, 0.4) is 0 Å². The lowest BCUT2D eigenvalue weighted by Gasteiger charge is -2.36. The molecule has 3 nitrogen and oxygen atoms in total. The van der Waals surface area contributed by atoms with Crippen molar-refractivity contribution in [2.45, 2.75) is 76.8 Å². The molecule has 0 bridgehead atoms. The smallest absolute Gasteiger partial charge is 0.0811 e. The van der Waals surface area contributed by atoms with E-state index in [9.17, 15) is 0 Å². The third kappa shape index (κ3) is 5.36. The molecule has 0 radical (unpaired) electrons. The third-order valence-corrected chi connectivity index (χ3v) is 3.49. The fourth-order valence-corrected chi connectivity index (χ4v) is 2.34. The first kappa shape index (κ1) is 13.3. The van der Waals surface area contributed by atoms with Gasteiger partial charge in [-0.15, -0.1) is 0 Å². The largest absolute Gasteiger partial charge is 0.373 e. The quantitative estimate of drug-likeness (QED) is 0.614. The molecule has 0 saturated carbocycles. The van der Waals surface area contributed by atoms with Crippen molar-refractivity contribution in [3.05, 3.63) is 0 Å². The molecule has 2 aliphatic heterocycles. The molecule has 2 fully saturated rings. The van der Waals surface area contributed by atoms with Crippen LogP contribution >= 0.6 is 0 Å². The lowest BCUT2D eigenvalue weighted by molar-refractivity contribution is -0.131. The van der Waals surface area contributed by atoms with E-state index in [1.807, 2.05) is 0 Å². The van der Waals surface area contributed by atoms with Gasteiger partial charge in [0.25, 0.3) is 0 Å². The van der Waals surface area contributed by atoms with E-state index in [2.05, 4.69) is 27.7 Å². The molecule has 0 spiro atoms. The Morgan fingerprint density at radius 1 is 0.882 bits per heavy atom. The highest BCUT2D eigenvalue weighted by molar-refractivity contribution is 4.82. The third-order valence-electron chi connectivity index (χ3n) is 3.49. The van der Waals surface area contributed by atoms with E-state index in [1.54, 1.807) is 0 Å². The SMILES string of the molecule is CC(C)(CC[C@@H]1CO1)OC(C)(C)CC[C@@H]1CO1. The van der Waals surface area contributed by atoms with Gasteiger partial charge in [-0.3, -0.25) is 0 Å². The topological polar surface area (TPSA) is 34.3 Å². The summed E-state index contributed by atoms with van der Waals surface area (Å²) in [6.07, 6.45) is 5.38. The van der Waals surface area contributed by atoms with Gasteiger partial charge in [0.2, 0.25) is 0 Å². The molecule has 0 unspecified atom stereocenters. The van der Waals surface area contributed by atoms with Gasteiger partial charge in [0.05, 0.1) is 36.6 Å². The van der Waals surface area contributed by atoms with Crippen LogP contribution in [0.4, 0.5) is 0 Å². The average molecular weight is 242 g/mol. The molecule has 17 heavy (non-hydrogen) atoms. The average Bonchev–Trinajstić information content (AvgIpc) is 3.05. The normalized spacial score (nSPS) is 28.2. The van der Waals surface area contributed by atoms with E-state index in [0.29, 0.717) is 12.2 Å². The second kappa shape index (κ2) is 4.87. The summed E-state index contributed by atoms with van der Waals surface area (Å²) >= 11 is 0. The molecular formula is C14H26O3. The zero-order valence-corrected chi connectivity index (χ0v) is 11.6. The van der Waals surface area contributed by atoms with Crippen LogP contribution < -0.4 is 0 Å². The van der Waals surface area contributed by atoms with E-state index in [0.717, 1.165) is 38.9 Å². The van der Waals surface area contributed by atoms with E-state index < -0.39 is 0 Å². The van der Waals surface area contributed by atoms with E-state index in [4.69, 9.17) is 14.2 Å². The Hall–Kier alpha value is -0.120. The lowest BCUT2D eigenvalue weighted by atomic mass is 9.96. The maximum Gasteiger partial charge on any atom is 0.0811 e. The molecule has 100 valence electrons. The summed E-state index contributed by atoms with van der Waals surface area (Å²) in [5.41, 5.74) is -0.111. The van der Waals surface area contributed by atoms with Gasteiger partial charge in [0.15, 0.2) is 0 Å². The number of epoxide rings is 2. The second-order valence-corrected chi connectivity index (χ2v) is 6.61. The number of hydrogen-bond acceptors (Lipinski definition) is 3. The zero-order valence-electron chi connectivity index (χ0n) is 11.6. The van der Waals surface area contributed by atoms with Crippen LogP contribution in [0.2, 0.25) is 0 Å². The van der Waals surface area contributed by atoms with Gasteiger partial charge in [0, 0.05) is 0 Å². The van der Waals surface area contributed by atoms with Crippen LogP contribution in [0.1, 0.15) is 53.4 Å². The molecule has 3 heteroatoms. The minimum Gasteiger partial charge on any atom is -0.373 e. The number of rotatable bonds is 8. The van der Waals surface area contributed by atoms with Gasteiger partial charge in [-0.25, -0.2) is 0 Å². The monoisotopic (exact) mass is 242 g/mol. The predicted molar refractivity (Wildman–Crippen MR) is 67.2 cm³/mol. The van der Waals surface area contributed by atoms with Gasteiger partial charge >= 0.3 is 0 Å². The fraction of sp³-hybridized carbons (Fsp3) is 1.00. The zero-order chi connectivity index (χ0) is 12.5. The highest BCUT2D eigenvalue weighted by atomic mass is 16.6. The maximum atomic E-state index is 6.27. The van der Waals surface area contributed by atoms with Crippen molar-refractivity contribution in [3.8, 4) is 0 Å². The van der Waals surface area contributed by atoms with Crippen LogP contribution in [0.15, 0.2) is 0 Å². The van der Waals surface area contributed by atoms with Crippen LogP contribution in [0.25, 0.3) is 0 Å². The Bertz CT molecular complexity index is 226. The first-order valence-corrected chi connectivity index (χ1v) is 6.80. The molecular weight excluding hydrogens is 216 g/mol. The van der Waals surface area contributed by atoms with Gasteiger partial charge in [-0.2, -0.15) is 0 Å². The van der Waals surface area contributed by atoms with Crippen LogP contribution in [0, 0.1) is 0 Å². The number of ether oxygens (including phenoxy) is 3. The number of hydrogen-bond donors (Lipinski definition) is 0. The summed E-state index contributed by atoms with van der Waals surface area (Å²) in [5, 5.41) is 0. The molecule has 0 aromatic rings. The highest BCUT2D eigenvalue weighted by Crippen LogP contribution is 2.31. The molecule has 2 saturated heterocycles. The molecule has 0 aliphatic carbocycles. The van der Waals surface area contributed by atoms with Crippen molar-refractivity contribution < 1.29 is 14.2 Å². The molecule has 2 rings (SSSR count). The Morgan fingerprint density at radius 3 is 1.53 bits per heavy atom. The molecule has 2 atom stereocenters. The van der Waals surface area contributed by atoms with Gasteiger partial charge in [-0.05, 0) is 53.4 Å². The van der Waals surface area contributed by atoms with Crippen molar-refractivity contribution in [3.63, 3.8) is 0 Å². The predicted octanol–water partition coefficient (Wildman–Crippen LogP) is 2.92. The Kier molecular flexibility index (Phi) is 3.81. The maximum absolute atomic E-state index is 6.27. The van der Waals surface area contributed by atoms with Crippen molar-refractivity contribution in [1.82, 2.24) is 0 Å². The molecule has 0 aromatic carbocycles. The van der Waals surface area contributed by atoms with Crippen molar-refractivity contribution in [1.29, 1.82) is 0 Å². The standard InChI is InChI=1S/C14H26O3/c1-13(2,7-5-11-9-15-11)17-14(3,4)8-6-12-10-16-12/h11-12H,5-10H2,1-4H3/t11-,12-/m1/s1. The van der Waals surface area contributed by atoms with Crippen molar-refractivity contribution in [2.75, 3.05) is 13.2 Å².